The summed E-state index contributed by atoms with van der Waals surface area (Å²) in [6.07, 6.45) is 1.78. The minimum atomic E-state index is -0.264. The van der Waals surface area contributed by atoms with E-state index < -0.39 is 0 Å². The first-order valence-corrected chi connectivity index (χ1v) is 2.84. The fourth-order valence-electron chi connectivity index (χ4n) is 0.673. The van der Waals surface area contributed by atoms with E-state index in [9.17, 15) is 0 Å². The molecule has 1 unspecified atom stereocenters. The van der Waals surface area contributed by atoms with Crippen molar-refractivity contribution in [1.29, 1.82) is 0 Å². The predicted molar refractivity (Wildman–Crippen MR) is 34.8 cm³/mol. The third-order valence-corrected chi connectivity index (χ3v) is 1.22. The molecule has 0 aliphatic carbocycles. The molecule has 0 bridgehead atoms. The largest absolute Gasteiger partial charge is 0.394 e. The average molecular weight is 126 g/mol. The third kappa shape index (κ3) is 1.31. The Balaban J connectivity index is 2.65. The molecule has 0 spiro atoms. The zero-order valence-electron chi connectivity index (χ0n) is 5.04. The Bertz CT molecular complexity index is 160. The van der Waals surface area contributed by atoms with Crippen LogP contribution in [0.3, 0.4) is 0 Å². The van der Waals surface area contributed by atoms with Crippen molar-refractivity contribution in [1.82, 2.24) is 4.98 Å². The van der Waals surface area contributed by atoms with Gasteiger partial charge in [0.05, 0.1) is 12.6 Å². The smallest absolute Gasteiger partial charge is 0.0682 e. The summed E-state index contributed by atoms with van der Waals surface area (Å²) in [4.78, 5) is 2.90. The normalized spacial score (nSPS) is 13.6. The maximum Gasteiger partial charge on any atom is 0.0682 e. The molecule has 0 fully saturated rings. The number of hydrogen-bond acceptors (Lipinski definition) is 2. The lowest BCUT2D eigenvalue weighted by Crippen LogP contribution is -2.14. The molecule has 3 nitrogen and oxygen atoms in total. The molecule has 4 N–H and O–H groups in total. The summed E-state index contributed by atoms with van der Waals surface area (Å²) >= 11 is 0. The van der Waals surface area contributed by atoms with Crippen LogP contribution in [0.5, 0.6) is 0 Å². The third-order valence-electron chi connectivity index (χ3n) is 1.22. The molecule has 1 heterocycles. The van der Waals surface area contributed by atoms with Crippen LogP contribution in [0.1, 0.15) is 11.7 Å². The van der Waals surface area contributed by atoms with Crippen molar-refractivity contribution in [2.24, 2.45) is 5.73 Å². The van der Waals surface area contributed by atoms with Crippen molar-refractivity contribution in [3.63, 3.8) is 0 Å². The molecule has 1 aromatic heterocycles. The average Bonchev–Trinajstić information content (AvgIpc) is 2.37. The maximum absolute atomic E-state index is 8.56. The van der Waals surface area contributed by atoms with Crippen molar-refractivity contribution < 1.29 is 5.11 Å². The molecule has 0 aliphatic heterocycles. The van der Waals surface area contributed by atoms with Gasteiger partial charge in [-0.05, 0) is 12.1 Å². The molecule has 50 valence electrons. The summed E-state index contributed by atoms with van der Waals surface area (Å²) in [5.41, 5.74) is 6.33. The molecule has 3 heteroatoms. The van der Waals surface area contributed by atoms with E-state index in [-0.39, 0.29) is 12.6 Å². The highest BCUT2D eigenvalue weighted by atomic mass is 16.3. The van der Waals surface area contributed by atoms with E-state index in [0.29, 0.717) is 0 Å². The molecular weight excluding hydrogens is 116 g/mol. The number of H-pyrrole nitrogens is 1. The van der Waals surface area contributed by atoms with Crippen LogP contribution in [0.25, 0.3) is 0 Å². The highest BCUT2D eigenvalue weighted by Gasteiger charge is 2.01. The molecule has 0 amide bonds. The summed E-state index contributed by atoms with van der Waals surface area (Å²) in [5, 5.41) is 8.56. The fourth-order valence-corrected chi connectivity index (χ4v) is 0.673. The summed E-state index contributed by atoms with van der Waals surface area (Å²) in [7, 11) is 0. The summed E-state index contributed by atoms with van der Waals surface area (Å²) < 4.78 is 0. The Kier molecular flexibility index (Phi) is 1.87. The first-order chi connectivity index (χ1) is 4.34. The molecular formula is C6H10N2O. The first-order valence-electron chi connectivity index (χ1n) is 2.84. The second-order valence-corrected chi connectivity index (χ2v) is 1.91. The van der Waals surface area contributed by atoms with Crippen LogP contribution < -0.4 is 5.73 Å². The maximum atomic E-state index is 8.56. The van der Waals surface area contributed by atoms with Crippen LogP contribution in [0, 0.1) is 0 Å². The van der Waals surface area contributed by atoms with Crippen molar-refractivity contribution in [3.8, 4) is 0 Å². The number of nitrogens with two attached hydrogens (primary N) is 1. The quantitative estimate of drug-likeness (QED) is 0.522. The van der Waals surface area contributed by atoms with E-state index in [4.69, 9.17) is 10.8 Å². The Labute approximate surface area is 53.5 Å². The molecule has 0 saturated carbocycles. The van der Waals surface area contributed by atoms with Crippen LogP contribution in [0.2, 0.25) is 0 Å². The van der Waals surface area contributed by atoms with Gasteiger partial charge in [0.15, 0.2) is 0 Å². The number of aliphatic hydroxyl groups excluding tert-OH is 1. The van der Waals surface area contributed by atoms with E-state index in [2.05, 4.69) is 4.98 Å². The van der Waals surface area contributed by atoms with Crippen LogP contribution in [0.15, 0.2) is 18.3 Å². The van der Waals surface area contributed by atoms with E-state index in [0.717, 1.165) is 5.69 Å². The topological polar surface area (TPSA) is 62.0 Å². The fraction of sp³-hybridized carbons (Fsp3) is 0.333. The molecule has 1 atom stereocenters. The van der Waals surface area contributed by atoms with Gasteiger partial charge in [0.1, 0.15) is 0 Å². The minimum Gasteiger partial charge on any atom is -0.394 e. The molecule has 0 aliphatic rings. The SMILES string of the molecule is NC(CO)c1ccc[nH]1. The Morgan fingerprint density at radius 2 is 2.56 bits per heavy atom. The molecule has 0 saturated heterocycles. The van der Waals surface area contributed by atoms with E-state index >= 15 is 0 Å². The van der Waals surface area contributed by atoms with E-state index in [1.165, 1.54) is 0 Å². The standard InChI is InChI=1S/C6H10N2O/c7-5(4-9)6-2-1-3-8-6/h1-3,5,8-9H,4,7H2. The van der Waals surface area contributed by atoms with E-state index in [1.807, 2.05) is 12.1 Å². The van der Waals surface area contributed by atoms with Gasteiger partial charge in [-0.25, -0.2) is 0 Å². The number of aliphatic hydroxyl groups is 1. The van der Waals surface area contributed by atoms with Gasteiger partial charge < -0.3 is 15.8 Å². The van der Waals surface area contributed by atoms with Crippen molar-refractivity contribution >= 4 is 0 Å². The molecule has 0 aromatic carbocycles. The zero-order chi connectivity index (χ0) is 6.69. The number of hydrogen-bond donors (Lipinski definition) is 3. The van der Waals surface area contributed by atoms with Gasteiger partial charge in [0.2, 0.25) is 0 Å². The van der Waals surface area contributed by atoms with Crippen LogP contribution >= 0.6 is 0 Å². The van der Waals surface area contributed by atoms with Crippen molar-refractivity contribution in [2.75, 3.05) is 6.61 Å². The van der Waals surface area contributed by atoms with Gasteiger partial charge in [-0.15, -0.1) is 0 Å². The van der Waals surface area contributed by atoms with Crippen molar-refractivity contribution in [3.05, 3.63) is 24.0 Å². The number of aromatic nitrogens is 1. The lowest BCUT2D eigenvalue weighted by Gasteiger charge is -2.02. The highest BCUT2D eigenvalue weighted by Crippen LogP contribution is 2.03. The molecule has 1 rings (SSSR count). The summed E-state index contributed by atoms with van der Waals surface area (Å²) in [6.45, 7) is -0.0134. The highest BCUT2D eigenvalue weighted by molar-refractivity contribution is 5.07. The number of rotatable bonds is 2. The van der Waals surface area contributed by atoms with Gasteiger partial charge in [-0.3, -0.25) is 0 Å². The van der Waals surface area contributed by atoms with Crippen LogP contribution in [0.4, 0.5) is 0 Å². The number of aromatic amines is 1. The van der Waals surface area contributed by atoms with Gasteiger partial charge in [0.25, 0.3) is 0 Å². The Morgan fingerprint density at radius 1 is 1.78 bits per heavy atom. The lowest BCUT2D eigenvalue weighted by atomic mass is 10.2. The molecule has 9 heavy (non-hydrogen) atoms. The van der Waals surface area contributed by atoms with Gasteiger partial charge in [-0.1, -0.05) is 0 Å². The van der Waals surface area contributed by atoms with Gasteiger partial charge in [0, 0.05) is 11.9 Å². The molecule has 1 aromatic rings. The zero-order valence-corrected chi connectivity index (χ0v) is 5.04. The Morgan fingerprint density at radius 3 is 3.00 bits per heavy atom. The van der Waals surface area contributed by atoms with E-state index in [1.54, 1.807) is 6.20 Å². The minimum absolute atomic E-state index is 0.0134. The van der Waals surface area contributed by atoms with Crippen LogP contribution in [-0.2, 0) is 0 Å². The number of nitrogens with one attached hydrogen (secondary N) is 1. The van der Waals surface area contributed by atoms with Gasteiger partial charge >= 0.3 is 0 Å². The second kappa shape index (κ2) is 2.66. The second-order valence-electron chi connectivity index (χ2n) is 1.91. The summed E-state index contributed by atoms with van der Waals surface area (Å²) in [6, 6.07) is 3.44. The monoisotopic (exact) mass is 126 g/mol. The van der Waals surface area contributed by atoms with Crippen LogP contribution in [-0.4, -0.2) is 16.7 Å². The predicted octanol–water partition coefficient (Wildman–Crippen LogP) is 0.00680. The first kappa shape index (κ1) is 6.32. The lowest BCUT2D eigenvalue weighted by molar-refractivity contribution is 0.266. The van der Waals surface area contributed by atoms with Crippen molar-refractivity contribution in [2.45, 2.75) is 6.04 Å². The molecule has 0 radical (unpaired) electrons. The Hall–Kier alpha value is -0.800. The summed E-state index contributed by atoms with van der Waals surface area (Å²) in [5.74, 6) is 0. The van der Waals surface area contributed by atoms with Gasteiger partial charge in [-0.2, -0.15) is 0 Å².